The molecule has 0 saturated carbocycles. The van der Waals surface area contributed by atoms with Gasteiger partial charge in [0.05, 0.1) is 5.41 Å². The average molecular weight is 728 g/mol. The molecule has 57 heavy (non-hydrogen) atoms. The van der Waals surface area contributed by atoms with Gasteiger partial charge in [-0.05, 0) is 120 Å². The monoisotopic (exact) mass is 727 g/mol. The van der Waals surface area contributed by atoms with Crippen molar-refractivity contribution in [1.29, 1.82) is 0 Å². The lowest BCUT2D eigenvalue weighted by molar-refractivity contribution is 0.660. The molecule has 1 heteroatoms. The van der Waals surface area contributed by atoms with Crippen molar-refractivity contribution < 1.29 is 0 Å². The molecular formula is C56H41N. The fourth-order valence-corrected chi connectivity index (χ4v) is 10.0. The van der Waals surface area contributed by atoms with Gasteiger partial charge in [-0.3, -0.25) is 0 Å². The molecule has 0 N–H and O–H groups in total. The minimum atomic E-state index is -0.533. The van der Waals surface area contributed by atoms with Gasteiger partial charge in [0.1, 0.15) is 0 Å². The lowest BCUT2D eigenvalue weighted by Crippen LogP contribution is -2.28. The highest BCUT2D eigenvalue weighted by Crippen LogP contribution is 2.58. The smallest absolute Gasteiger partial charge is 0.0714 e. The third-order valence-corrected chi connectivity index (χ3v) is 12.7. The summed E-state index contributed by atoms with van der Waals surface area (Å²) in [4.78, 5) is 2.48. The SMILES string of the molecule is CC1(C)c2ccccc2-c2ccc(N(c3ccc4c(c3)C(c3ccccc3)(c3ccccc3)c3ccc(-c5ccccc5)cc3-4)c3ccc4ccccc4c3)cc21. The van der Waals surface area contributed by atoms with Gasteiger partial charge in [0.25, 0.3) is 0 Å². The van der Waals surface area contributed by atoms with Gasteiger partial charge < -0.3 is 4.90 Å². The van der Waals surface area contributed by atoms with E-state index in [9.17, 15) is 0 Å². The quantitative estimate of drug-likeness (QED) is 0.165. The number of hydrogen-bond donors (Lipinski definition) is 0. The minimum Gasteiger partial charge on any atom is -0.310 e. The molecule has 0 atom stereocenters. The molecule has 2 aliphatic carbocycles. The van der Waals surface area contributed by atoms with Crippen LogP contribution in [0.4, 0.5) is 17.1 Å². The van der Waals surface area contributed by atoms with Crippen molar-refractivity contribution in [3.63, 3.8) is 0 Å². The second kappa shape index (κ2) is 12.8. The first-order valence-corrected chi connectivity index (χ1v) is 20.0. The van der Waals surface area contributed by atoms with Crippen molar-refractivity contribution in [3.8, 4) is 33.4 Å². The molecule has 0 aliphatic heterocycles. The Balaban J connectivity index is 1.18. The van der Waals surface area contributed by atoms with Crippen LogP contribution >= 0.6 is 0 Å². The van der Waals surface area contributed by atoms with Crippen LogP contribution in [-0.4, -0.2) is 0 Å². The lowest BCUT2D eigenvalue weighted by atomic mass is 9.67. The van der Waals surface area contributed by atoms with Gasteiger partial charge in [-0.15, -0.1) is 0 Å². The second-order valence-electron chi connectivity index (χ2n) is 16.1. The van der Waals surface area contributed by atoms with E-state index in [-0.39, 0.29) is 5.41 Å². The molecule has 2 aliphatic rings. The molecule has 0 saturated heterocycles. The van der Waals surface area contributed by atoms with Gasteiger partial charge in [0, 0.05) is 22.5 Å². The topological polar surface area (TPSA) is 3.24 Å². The van der Waals surface area contributed by atoms with Crippen molar-refractivity contribution in [1.82, 2.24) is 0 Å². The molecule has 0 amide bonds. The third kappa shape index (κ3) is 5.02. The first-order chi connectivity index (χ1) is 28.0. The van der Waals surface area contributed by atoms with Gasteiger partial charge >= 0.3 is 0 Å². The molecule has 0 heterocycles. The summed E-state index contributed by atoms with van der Waals surface area (Å²) < 4.78 is 0. The summed E-state index contributed by atoms with van der Waals surface area (Å²) in [5.74, 6) is 0. The first-order valence-electron chi connectivity index (χ1n) is 20.0. The highest BCUT2D eigenvalue weighted by atomic mass is 15.1. The Kier molecular flexibility index (Phi) is 7.50. The highest BCUT2D eigenvalue weighted by Gasteiger charge is 2.46. The van der Waals surface area contributed by atoms with Gasteiger partial charge in [-0.2, -0.15) is 0 Å². The summed E-state index contributed by atoms with van der Waals surface area (Å²) >= 11 is 0. The van der Waals surface area contributed by atoms with Crippen molar-refractivity contribution in [3.05, 3.63) is 246 Å². The predicted octanol–water partition coefficient (Wildman–Crippen LogP) is 14.6. The molecule has 1 nitrogen and oxygen atoms in total. The van der Waals surface area contributed by atoms with E-state index in [0.717, 1.165) is 17.1 Å². The maximum absolute atomic E-state index is 2.49. The third-order valence-electron chi connectivity index (χ3n) is 12.7. The zero-order valence-electron chi connectivity index (χ0n) is 32.2. The Morgan fingerprint density at radius 3 is 1.54 bits per heavy atom. The van der Waals surface area contributed by atoms with Gasteiger partial charge in [0.2, 0.25) is 0 Å². The summed E-state index contributed by atoms with van der Waals surface area (Å²) in [6.07, 6.45) is 0. The number of rotatable bonds is 6. The number of fused-ring (bicyclic) bond motifs is 7. The Labute approximate surface area is 335 Å². The van der Waals surface area contributed by atoms with Crippen LogP contribution in [0, 0.1) is 0 Å². The van der Waals surface area contributed by atoms with E-state index in [1.807, 2.05) is 0 Å². The van der Waals surface area contributed by atoms with E-state index >= 15 is 0 Å². The van der Waals surface area contributed by atoms with Crippen LogP contribution in [0.5, 0.6) is 0 Å². The molecule has 0 spiro atoms. The van der Waals surface area contributed by atoms with E-state index in [2.05, 4.69) is 231 Å². The summed E-state index contributed by atoms with van der Waals surface area (Å²) in [5.41, 5.74) is 18.3. The zero-order valence-corrected chi connectivity index (χ0v) is 32.2. The lowest BCUT2D eigenvalue weighted by Gasteiger charge is -2.35. The molecule has 9 aromatic carbocycles. The van der Waals surface area contributed by atoms with Crippen molar-refractivity contribution >= 4 is 27.8 Å². The van der Waals surface area contributed by atoms with Crippen molar-refractivity contribution in [2.24, 2.45) is 0 Å². The fourth-order valence-electron chi connectivity index (χ4n) is 10.0. The molecule has 11 rings (SSSR count). The van der Waals surface area contributed by atoms with Crippen LogP contribution in [0.1, 0.15) is 47.2 Å². The molecule has 0 bridgehead atoms. The first kappa shape index (κ1) is 33.4. The van der Waals surface area contributed by atoms with Gasteiger partial charge in [-0.25, -0.2) is 0 Å². The van der Waals surface area contributed by atoms with Crippen molar-refractivity contribution in [2.45, 2.75) is 24.7 Å². The molecule has 0 fully saturated rings. The van der Waals surface area contributed by atoms with Crippen LogP contribution in [0.2, 0.25) is 0 Å². The number of hydrogen-bond acceptors (Lipinski definition) is 1. The highest BCUT2D eigenvalue weighted by molar-refractivity contribution is 5.94. The van der Waals surface area contributed by atoms with Crippen LogP contribution in [0.25, 0.3) is 44.2 Å². The molecule has 270 valence electrons. The second-order valence-corrected chi connectivity index (χ2v) is 16.1. The number of nitrogens with zero attached hydrogens (tertiary/aromatic N) is 1. The standard InChI is InChI=1S/C56H41N/c1-55(2)51-25-15-14-24-47(51)48-31-29-45(36-53(48)55)57(44-28-26-39-18-12-13-19-40(39)34-44)46-30-32-49-50-35-41(38-16-6-3-7-17-38)27-33-52(50)56(54(49)37-46,42-20-8-4-9-21-42)43-22-10-5-11-23-43/h3-37H,1-2H3. The van der Waals surface area contributed by atoms with Crippen LogP contribution in [0.15, 0.2) is 212 Å². The Hall–Kier alpha value is -6.96. The van der Waals surface area contributed by atoms with Crippen molar-refractivity contribution in [2.75, 3.05) is 4.90 Å². The van der Waals surface area contributed by atoms with E-state index < -0.39 is 5.41 Å². The summed E-state index contributed by atoms with van der Waals surface area (Å²) in [5, 5.41) is 2.45. The molecular weight excluding hydrogens is 687 g/mol. The Bertz CT molecular complexity index is 2940. The van der Waals surface area contributed by atoms with E-state index in [0.29, 0.717) is 0 Å². The zero-order chi connectivity index (χ0) is 38.1. The summed E-state index contributed by atoms with van der Waals surface area (Å²) in [6.45, 7) is 4.73. The Morgan fingerprint density at radius 2 is 0.842 bits per heavy atom. The summed E-state index contributed by atoms with van der Waals surface area (Å²) in [7, 11) is 0. The number of anilines is 3. The average Bonchev–Trinajstić information content (AvgIpc) is 3.69. The van der Waals surface area contributed by atoms with Crippen LogP contribution in [-0.2, 0) is 10.8 Å². The van der Waals surface area contributed by atoms with Gasteiger partial charge in [-0.1, -0.05) is 184 Å². The van der Waals surface area contributed by atoms with E-state index in [1.165, 1.54) is 77.5 Å². The molecule has 0 unspecified atom stereocenters. The Morgan fingerprint density at radius 1 is 0.316 bits per heavy atom. The largest absolute Gasteiger partial charge is 0.310 e. The van der Waals surface area contributed by atoms with Gasteiger partial charge in [0.15, 0.2) is 0 Å². The summed E-state index contributed by atoms with van der Waals surface area (Å²) in [6, 6.07) is 78.9. The van der Waals surface area contributed by atoms with Crippen LogP contribution < -0.4 is 4.90 Å². The normalized spacial score (nSPS) is 14.1. The molecule has 0 aromatic heterocycles. The van der Waals surface area contributed by atoms with E-state index in [4.69, 9.17) is 0 Å². The minimum absolute atomic E-state index is 0.122. The molecule has 9 aromatic rings. The van der Waals surface area contributed by atoms with E-state index in [1.54, 1.807) is 0 Å². The molecule has 0 radical (unpaired) electrons. The fraction of sp³-hybridized carbons (Fsp3) is 0.0714. The number of benzene rings is 9. The maximum atomic E-state index is 2.49. The van der Waals surface area contributed by atoms with Crippen LogP contribution in [0.3, 0.4) is 0 Å². The maximum Gasteiger partial charge on any atom is 0.0714 e. The predicted molar refractivity (Wildman–Crippen MR) is 239 cm³/mol.